The number of nitrogens with zero attached hydrogens (tertiary/aromatic N) is 2. The Balaban J connectivity index is 1.46. The van der Waals surface area contributed by atoms with E-state index in [-0.39, 0.29) is 5.91 Å². The van der Waals surface area contributed by atoms with Gasteiger partial charge in [0.1, 0.15) is 5.69 Å². The van der Waals surface area contributed by atoms with Crippen molar-refractivity contribution in [3.63, 3.8) is 0 Å². The van der Waals surface area contributed by atoms with Crippen molar-refractivity contribution in [3.05, 3.63) is 65.5 Å². The molecule has 1 saturated heterocycles. The van der Waals surface area contributed by atoms with Gasteiger partial charge in [-0.15, -0.1) is 0 Å². The molecule has 1 N–H and O–H groups in total. The van der Waals surface area contributed by atoms with Gasteiger partial charge in [0.2, 0.25) is 0 Å². The van der Waals surface area contributed by atoms with Crippen molar-refractivity contribution in [2.24, 2.45) is 0 Å². The molecule has 0 spiro atoms. The van der Waals surface area contributed by atoms with Crippen LogP contribution in [0.3, 0.4) is 0 Å². The molecule has 1 amide bonds. The van der Waals surface area contributed by atoms with Gasteiger partial charge in [-0.2, -0.15) is 16.9 Å². The molecule has 3 aromatic rings. The van der Waals surface area contributed by atoms with Crippen molar-refractivity contribution < 1.29 is 9.21 Å². The zero-order valence-electron chi connectivity index (χ0n) is 14.6. The number of carbonyl (C=O) groups excluding carboxylic acids is 1. The molecule has 1 aliphatic rings. The quantitative estimate of drug-likeness (QED) is 0.750. The minimum absolute atomic E-state index is 0.0231. The SMILES string of the molecule is Cc1ccccc1[C@H]1CCN(C(=O)c2cc(-c3ccco3)[nH]n2)CCS1. The highest BCUT2D eigenvalue weighted by atomic mass is 32.2. The maximum Gasteiger partial charge on any atom is 0.274 e. The number of nitrogens with one attached hydrogen (secondary N) is 1. The van der Waals surface area contributed by atoms with E-state index in [0.29, 0.717) is 16.7 Å². The fourth-order valence-corrected chi connectivity index (χ4v) is 4.65. The number of furan rings is 1. The van der Waals surface area contributed by atoms with Crippen LogP contribution in [-0.2, 0) is 0 Å². The number of hydrogen-bond acceptors (Lipinski definition) is 4. The van der Waals surface area contributed by atoms with Crippen molar-refractivity contribution in [2.45, 2.75) is 18.6 Å². The smallest absolute Gasteiger partial charge is 0.274 e. The summed E-state index contributed by atoms with van der Waals surface area (Å²) in [4.78, 5) is 14.8. The first-order valence-electron chi connectivity index (χ1n) is 8.78. The Morgan fingerprint density at radius 3 is 2.96 bits per heavy atom. The fraction of sp³-hybridized carbons (Fsp3) is 0.300. The van der Waals surface area contributed by atoms with Crippen molar-refractivity contribution >= 4 is 17.7 Å². The van der Waals surface area contributed by atoms with Crippen molar-refractivity contribution in [2.75, 3.05) is 18.8 Å². The third-order valence-corrected chi connectivity index (χ3v) is 6.06. The summed E-state index contributed by atoms with van der Waals surface area (Å²) in [7, 11) is 0. The van der Waals surface area contributed by atoms with Crippen molar-refractivity contribution in [1.82, 2.24) is 15.1 Å². The maximum absolute atomic E-state index is 12.8. The molecule has 0 bridgehead atoms. The van der Waals surface area contributed by atoms with Crippen LogP contribution in [0, 0.1) is 6.92 Å². The van der Waals surface area contributed by atoms with Crippen LogP contribution in [0.4, 0.5) is 0 Å². The number of aromatic amines is 1. The first-order chi connectivity index (χ1) is 12.7. The normalized spacial score (nSPS) is 17.9. The first-order valence-corrected chi connectivity index (χ1v) is 9.83. The molecule has 1 aliphatic heterocycles. The van der Waals surface area contributed by atoms with Crippen LogP contribution in [0.2, 0.25) is 0 Å². The van der Waals surface area contributed by atoms with Gasteiger partial charge in [-0.25, -0.2) is 0 Å². The average Bonchev–Trinajstić information content (AvgIpc) is 3.29. The van der Waals surface area contributed by atoms with Gasteiger partial charge >= 0.3 is 0 Å². The zero-order valence-corrected chi connectivity index (χ0v) is 15.5. The lowest BCUT2D eigenvalue weighted by molar-refractivity contribution is 0.0760. The Morgan fingerprint density at radius 1 is 1.27 bits per heavy atom. The number of carbonyl (C=O) groups is 1. The lowest BCUT2D eigenvalue weighted by Crippen LogP contribution is -2.33. The molecule has 134 valence electrons. The minimum atomic E-state index is -0.0231. The average molecular weight is 367 g/mol. The van der Waals surface area contributed by atoms with E-state index in [0.717, 1.165) is 31.0 Å². The van der Waals surface area contributed by atoms with Gasteiger partial charge in [-0.05, 0) is 36.6 Å². The largest absolute Gasteiger partial charge is 0.463 e. The maximum atomic E-state index is 12.8. The number of rotatable bonds is 3. The molecule has 4 rings (SSSR count). The summed E-state index contributed by atoms with van der Waals surface area (Å²) in [6.45, 7) is 3.65. The molecule has 1 fully saturated rings. The molecular weight excluding hydrogens is 346 g/mol. The number of thioether (sulfide) groups is 1. The second-order valence-electron chi connectivity index (χ2n) is 6.44. The van der Waals surface area contributed by atoms with Gasteiger partial charge in [-0.3, -0.25) is 9.89 Å². The summed E-state index contributed by atoms with van der Waals surface area (Å²) in [5, 5.41) is 7.51. The summed E-state index contributed by atoms with van der Waals surface area (Å²) in [6.07, 6.45) is 2.56. The molecular formula is C20H21N3O2S. The van der Waals surface area contributed by atoms with E-state index in [1.165, 1.54) is 11.1 Å². The second kappa shape index (κ2) is 7.41. The molecule has 0 saturated carbocycles. The summed E-state index contributed by atoms with van der Waals surface area (Å²) < 4.78 is 5.35. The van der Waals surface area contributed by atoms with Gasteiger partial charge < -0.3 is 9.32 Å². The highest BCUT2D eigenvalue weighted by Gasteiger charge is 2.25. The molecule has 5 nitrogen and oxygen atoms in total. The Hall–Kier alpha value is -2.47. The Kier molecular flexibility index (Phi) is 4.84. The molecule has 6 heteroatoms. The summed E-state index contributed by atoms with van der Waals surface area (Å²) in [5.41, 5.74) is 3.86. The van der Waals surface area contributed by atoms with Gasteiger partial charge in [0.15, 0.2) is 11.5 Å². The number of hydrogen-bond donors (Lipinski definition) is 1. The van der Waals surface area contributed by atoms with E-state index in [4.69, 9.17) is 4.42 Å². The summed E-state index contributed by atoms with van der Waals surface area (Å²) >= 11 is 1.93. The molecule has 26 heavy (non-hydrogen) atoms. The van der Waals surface area contributed by atoms with E-state index in [2.05, 4.69) is 41.4 Å². The molecule has 0 radical (unpaired) electrons. The number of amides is 1. The molecule has 2 aromatic heterocycles. The lowest BCUT2D eigenvalue weighted by atomic mass is 10.0. The van der Waals surface area contributed by atoms with Gasteiger partial charge in [-0.1, -0.05) is 24.3 Å². The lowest BCUT2D eigenvalue weighted by Gasteiger charge is -2.19. The predicted molar refractivity (Wildman–Crippen MR) is 103 cm³/mol. The van der Waals surface area contributed by atoms with E-state index in [1.54, 1.807) is 12.3 Å². The van der Waals surface area contributed by atoms with Gasteiger partial charge in [0.05, 0.1) is 6.26 Å². The predicted octanol–water partition coefficient (Wildman–Crippen LogP) is 4.30. The standard InChI is InChI=1S/C20H21N3O2S/c1-14-5-2-3-6-15(14)19-8-9-23(10-12-26-19)20(24)17-13-16(21-22-17)18-7-4-11-25-18/h2-7,11,13,19H,8-10,12H2,1H3,(H,21,22)/t19-/m1/s1. The number of benzene rings is 1. The molecule has 3 heterocycles. The van der Waals surface area contributed by atoms with Crippen molar-refractivity contribution in [3.8, 4) is 11.5 Å². The number of aryl methyl sites for hydroxylation is 1. The molecule has 0 unspecified atom stereocenters. The topological polar surface area (TPSA) is 62.1 Å². The van der Waals surface area contributed by atoms with E-state index >= 15 is 0 Å². The molecule has 0 aliphatic carbocycles. The second-order valence-corrected chi connectivity index (χ2v) is 7.75. The van der Waals surface area contributed by atoms with Crippen LogP contribution in [0.5, 0.6) is 0 Å². The zero-order chi connectivity index (χ0) is 17.9. The Bertz CT molecular complexity index is 888. The summed E-state index contributed by atoms with van der Waals surface area (Å²) in [6, 6.07) is 13.9. The highest BCUT2D eigenvalue weighted by Crippen LogP contribution is 2.36. The molecule has 1 atom stereocenters. The van der Waals surface area contributed by atoms with Gasteiger partial charge in [0, 0.05) is 30.2 Å². The summed E-state index contributed by atoms with van der Waals surface area (Å²) in [5.74, 6) is 1.59. The number of H-pyrrole nitrogens is 1. The van der Waals surface area contributed by atoms with Crippen LogP contribution in [0.15, 0.2) is 53.1 Å². The van der Waals surface area contributed by atoms with Crippen LogP contribution >= 0.6 is 11.8 Å². The molecule has 1 aromatic carbocycles. The van der Waals surface area contributed by atoms with E-state index in [9.17, 15) is 4.79 Å². The highest BCUT2D eigenvalue weighted by molar-refractivity contribution is 7.99. The minimum Gasteiger partial charge on any atom is -0.463 e. The van der Waals surface area contributed by atoms with E-state index < -0.39 is 0 Å². The van der Waals surface area contributed by atoms with Crippen LogP contribution in [0.25, 0.3) is 11.5 Å². The monoisotopic (exact) mass is 367 g/mol. The number of aromatic nitrogens is 2. The third-order valence-electron chi connectivity index (χ3n) is 4.75. The van der Waals surface area contributed by atoms with Crippen LogP contribution < -0.4 is 0 Å². The Labute approximate surface area is 156 Å². The fourth-order valence-electron chi connectivity index (χ4n) is 3.32. The van der Waals surface area contributed by atoms with Crippen molar-refractivity contribution in [1.29, 1.82) is 0 Å². The van der Waals surface area contributed by atoms with E-state index in [1.807, 2.05) is 28.8 Å². The van der Waals surface area contributed by atoms with Crippen LogP contribution in [-0.4, -0.2) is 39.8 Å². The Morgan fingerprint density at radius 2 is 2.15 bits per heavy atom. The van der Waals surface area contributed by atoms with Crippen LogP contribution in [0.1, 0.15) is 33.3 Å². The van der Waals surface area contributed by atoms with Gasteiger partial charge in [0.25, 0.3) is 5.91 Å². The first kappa shape index (κ1) is 17.0. The third kappa shape index (κ3) is 3.42.